The Balaban J connectivity index is 1.32. The van der Waals surface area contributed by atoms with E-state index in [0.29, 0.717) is 27.4 Å². The van der Waals surface area contributed by atoms with Gasteiger partial charge in [-0.3, -0.25) is 0 Å². The molecule has 0 saturated heterocycles. The maximum absolute atomic E-state index is 13.0. The van der Waals surface area contributed by atoms with Crippen LogP contribution in [0.5, 0.6) is 0 Å². The number of allylic oxidation sites excluding steroid dienone is 1. The van der Waals surface area contributed by atoms with E-state index in [-0.39, 0.29) is 0 Å². The highest BCUT2D eigenvalue weighted by Crippen LogP contribution is 2.32. The monoisotopic (exact) mass is 548 g/mol. The standard InChI is InChI=1S/C34H20N4O2S/c35-19-24(17-25-20-38(26-12-5-2-6-13-26)37-32(25)23-10-3-1-4-11-23)33-36-30(21-41-33)29-18-28-27-14-8-7-9-22(27)15-16-31(28)40-34(29)39/h1-18,20-21H. The zero-order chi connectivity index (χ0) is 27.8. The van der Waals surface area contributed by atoms with Crippen LogP contribution in [-0.4, -0.2) is 14.8 Å². The summed E-state index contributed by atoms with van der Waals surface area (Å²) >= 11 is 1.31. The van der Waals surface area contributed by atoms with Crippen molar-refractivity contribution in [1.29, 1.82) is 5.26 Å². The third-order valence-corrected chi connectivity index (χ3v) is 7.76. The van der Waals surface area contributed by atoms with Crippen LogP contribution in [0, 0.1) is 11.3 Å². The first-order valence-electron chi connectivity index (χ1n) is 12.9. The zero-order valence-corrected chi connectivity index (χ0v) is 22.4. The van der Waals surface area contributed by atoms with E-state index < -0.39 is 5.63 Å². The predicted molar refractivity (Wildman–Crippen MR) is 164 cm³/mol. The molecule has 0 atom stereocenters. The second-order valence-electron chi connectivity index (χ2n) is 9.43. The van der Waals surface area contributed by atoms with Crippen LogP contribution in [0.1, 0.15) is 10.6 Å². The van der Waals surface area contributed by atoms with Gasteiger partial charge >= 0.3 is 5.63 Å². The fraction of sp³-hybridized carbons (Fsp3) is 0. The van der Waals surface area contributed by atoms with Crippen LogP contribution in [0.3, 0.4) is 0 Å². The SMILES string of the molecule is N#CC(=Cc1cn(-c2ccccc2)nc1-c1ccccc1)c1nc(-c2cc3c(ccc4ccccc43)oc2=O)cs1. The van der Waals surface area contributed by atoms with Crippen LogP contribution in [0.4, 0.5) is 0 Å². The van der Waals surface area contributed by atoms with Gasteiger partial charge in [-0.2, -0.15) is 10.4 Å². The lowest BCUT2D eigenvalue weighted by atomic mass is 10.0. The molecule has 0 fully saturated rings. The predicted octanol–water partition coefficient (Wildman–Crippen LogP) is 7.99. The molecule has 0 saturated carbocycles. The van der Waals surface area contributed by atoms with Gasteiger partial charge in [-0.15, -0.1) is 11.3 Å². The second kappa shape index (κ2) is 10.2. The van der Waals surface area contributed by atoms with Crippen molar-refractivity contribution >= 4 is 44.7 Å². The van der Waals surface area contributed by atoms with Gasteiger partial charge in [0.1, 0.15) is 16.7 Å². The Labute approximate surface area is 238 Å². The molecule has 0 aliphatic carbocycles. The highest BCUT2D eigenvalue weighted by molar-refractivity contribution is 7.11. The minimum atomic E-state index is -0.470. The highest BCUT2D eigenvalue weighted by Gasteiger charge is 2.17. The largest absolute Gasteiger partial charge is 0.422 e. The lowest BCUT2D eigenvalue weighted by molar-refractivity contribution is 0.563. The van der Waals surface area contributed by atoms with Gasteiger partial charge in [0, 0.05) is 28.1 Å². The van der Waals surface area contributed by atoms with Crippen LogP contribution in [-0.2, 0) is 0 Å². The normalized spacial score (nSPS) is 11.6. The van der Waals surface area contributed by atoms with Gasteiger partial charge in [-0.1, -0.05) is 78.9 Å². The topological polar surface area (TPSA) is 84.7 Å². The summed E-state index contributed by atoms with van der Waals surface area (Å²) in [4.78, 5) is 17.7. The summed E-state index contributed by atoms with van der Waals surface area (Å²) in [6.07, 6.45) is 3.71. The summed E-state index contributed by atoms with van der Waals surface area (Å²) in [6, 6.07) is 35.5. The number of nitriles is 1. The van der Waals surface area contributed by atoms with Crippen LogP contribution in [0.25, 0.3) is 61.6 Å². The number of rotatable bonds is 5. The number of benzene rings is 4. The number of nitrogens with zero attached hydrogens (tertiary/aromatic N) is 4. The molecule has 0 aliphatic heterocycles. The first-order valence-corrected chi connectivity index (χ1v) is 13.8. The molecule has 0 aliphatic rings. The number of fused-ring (bicyclic) bond motifs is 3. The Kier molecular flexibility index (Phi) is 6.08. The van der Waals surface area contributed by atoms with E-state index in [9.17, 15) is 10.1 Å². The average Bonchev–Trinajstić information content (AvgIpc) is 3.68. The van der Waals surface area contributed by atoms with Crippen molar-refractivity contribution in [3.05, 3.63) is 136 Å². The zero-order valence-electron chi connectivity index (χ0n) is 21.6. The van der Waals surface area contributed by atoms with E-state index in [1.807, 2.05) is 109 Å². The number of hydrogen-bond donors (Lipinski definition) is 0. The fourth-order valence-electron chi connectivity index (χ4n) is 4.89. The molecule has 0 bridgehead atoms. The molecule has 194 valence electrons. The van der Waals surface area contributed by atoms with Crippen molar-refractivity contribution in [2.75, 3.05) is 0 Å². The van der Waals surface area contributed by atoms with Crippen LogP contribution < -0.4 is 5.63 Å². The third kappa shape index (κ3) is 4.52. The Morgan fingerprint density at radius 3 is 2.46 bits per heavy atom. The van der Waals surface area contributed by atoms with E-state index >= 15 is 0 Å². The summed E-state index contributed by atoms with van der Waals surface area (Å²) in [6.45, 7) is 0. The first kappa shape index (κ1) is 24.5. The van der Waals surface area contributed by atoms with Gasteiger partial charge in [0.05, 0.1) is 28.2 Å². The Hall–Kier alpha value is -5.58. The molecule has 0 spiro atoms. The molecule has 6 nitrogen and oxygen atoms in total. The average molecular weight is 549 g/mol. The van der Waals surface area contributed by atoms with Crippen LogP contribution in [0.15, 0.2) is 124 Å². The van der Waals surface area contributed by atoms with Crippen molar-refractivity contribution in [1.82, 2.24) is 14.8 Å². The van der Waals surface area contributed by atoms with Gasteiger partial charge in [0.2, 0.25) is 0 Å². The summed E-state index contributed by atoms with van der Waals surface area (Å²) in [7, 11) is 0. The first-order chi connectivity index (χ1) is 20.2. The fourth-order valence-corrected chi connectivity index (χ4v) is 5.68. The number of hydrogen-bond acceptors (Lipinski definition) is 6. The molecule has 7 heteroatoms. The summed E-state index contributed by atoms with van der Waals surface area (Å²) in [5.41, 5.74) is 4.64. The summed E-state index contributed by atoms with van der Waals surface area (Å²) in [5.74, 6) is 0. The molecule has 0 unspecified atom stereocenters. The smallest absolute Gasteiger partial charge is 0.345 e. The molecular weight excluding hydrogens is 528 g/mol. The van der Waals surface area contributed by atoms with Crippen molar-refractivity contribution in [2.45, 2.75) is 0 Å². The van der Waals surface area contributed by atoms with Gasteiger partial charge in [-0.05, 0) is 41.1 Å². The van der Waals surface area contributed by atoms with E-state index in [4.69, 9.17) is 14.5 Å². The molecule has 0 amide bonds. The lowest BCUT2D eigenvalue weighted by Crippen LogP contribution is -2.03. The molecule has 3 heterocycles. The van der Waals surface area contributed by atoms with Gasteiger partial charge < -0.3 is 4.42 Å². The number of para-hydroxylation sites is 1. The maximum atomic E-state index is 13.0. The molecule has 7 rings (SSSR count). The number of aromatic nitrogens is 3. The Morgan fingerprint density at radius 2 is 1.66 bits per heavy atom. The summed E-state index contributed by atoms with van der Waals surface area (Å²) < 4.78 is 7.48. The highest BCUT2D eigenvalue weighted by atomic mass is 32.1. The van der Waals surface area contributed by atoms with Crippen molar-refractivity contribution in [3.63, 3.8) is 0 Å². The third-order valence-electron chi connectivity index (χ3n) is 6.88. The Bertz CT molecular complexity index is 2190. The quantitative estimate of drug-likeness (QED) is 0.124. The molecule has 7 aromatic rings. The minimum absolute atomic E-state index is 0.357. The van der Waals surface area contributed by atoms with Crippen molar-refractivity contribution < 1.29 is 4.42 Å². The number of thiazole rings is 1. The van der Waals surface area contributed by atoms with Gasteiger partial charge in [0.15, 0.2) is 0 Å². The summed E-state index contributed by atoms with van der Waals surface area (Å²) in [5, 5.41) is 20.2. The molecule has 4 aromatic carbocycles. The van der Waals surface area contributed by atoms with Crippen LogP contribution in [0.2, 0.25) is 0 Å². The van der Waals surface area contributed by atoms with Gasteiger partial charge in [-0.25, -0.2) is 14.5 Å². The van der Waals surface area contributed by atoms with Crippen molar-refractivity contribution in [2.24, 2.45) is 0 Å². The van der Waals surface area contributed by atoms with E-state index in [0.717, 1.165) is 38.7 Å². The Morgan fingerprint density at radius 1 is 0.902 bits per heavy atom. The van der Waals surface area contributed by atoms with Gasteiger partial charge in [0.25, 0.3) is 0 Å². The van der Waals surface area contributed by atoms with E-state index in [1.165, 1.54) is 11.3 Å². The molecular formula is C34H20N4O2S. The molecule has 0 radical (unpaired) electrons. The van der Waals surface area contributed by atoms with E-state index in [2.05, 4.69) is 6.07 Å². The lowest BCUT2D eigenvalue weighted by Gasteiger charge is -2.04. The molecule has 0 N–H and O–H groups in total. The molecule has 3 aromatic heterocycles. The minimum Gasteiger partial charge on any atom is -0.422 e. The molecule has 41 heavy (non-hydrogen) atoms. The maximum Gasteiger partial charge on any atom is 0.345 e. The second-order valence-corrected chi connectivity index (χ2v) is 10.3. The van der Waals surface area contributed by atoms with E-state index in [1.54, 1.807) is 16.1 Å². The van der Waals surface area contributed by atoms with Crippen LogP contribution >= 0.6 is 11.3 Å². The van der Waals surface area contributed by atoms with Crippen molar-refractivity contribution in [3.8, 4) is 34.3 Å².